The van der Waals surface area contributed by atoms with Gasteiger partial charge >= 0.3 is 0 Å². The first-order chi connectivity index (χ1) is 16.4. The fraction of sp³-hybridized carbons (Fsp3) is 0. The van der Waals surface area contributed by atoms with Crippen molar-refractivity contribution < 1.29 is 19.7 Å². The van der Waals surface area contributed by atoms with E-state index in [4.69, 9.17) is 40.2 Å². The van der Waals surface area contributed by atoms with Crippen molar-refractivity contribution in [2.24, 2.45) is 0 Å². The van der Waals surface area contributed by atoms with Gasteiger partial charge in [0.2, 0.25) is 0 Å². The third-order valence-corrected chi connectivity index (χ3v) is 5.12. The molecule has 0 unspecified atom stereocenters. The van der Waals surface area contributed by atoms with Crippen LogP contribution in [0.5, 0.6) is 34.5 Å². The Bertz CT molecular complexity index is 1580. The lowest BCUT2D eigenvalue weighted by molar-refractivity contribution is 0.456. The second-order valence-electron chi connectivity index (χ2n) is 7.24. The molecular weight excluding hydrogens is 428 g/mol. The Morgan fingerprint density at radius 1 is 0.676 bits per heavy atom. The fourth-order valence-electron chi connectivity index (χ4n) is 3.44. The minimum atomic E-state index is -0.151. The highest BCUT2D eigenvalue weighted by Gasteiger charge is 2.20. The summed E-state index contributed by atoms with van der Waals surface area (Å²) < 4.78 is 12.1. The number of aromatic hydroxyl groups is 2. The summed E-state index contributed by atoms with van der Waals surface area (Å²) in [6.07, 6.45) is 17.3. The summed E-state index contributed by atoms with van der Waals surface area (Å²) in [5.41, 5.74) is 13.0. The average Bonchev–Trinajstić information content (AvgIpc) is 2.83. The summed E-state index contributed by atoms with van der Waals surface area (Å²) in [5.74, 6) is 8.76. The van der Waals surface area contributed by atoms with Gasteiger partial charge < -0.3 is 31.2 Å². The maximum atomic E-state index is 10.0. The third kappa shape index (κ3) is 3.82. The van der Waals surface area contributed by atoms with Crippen molar-refractivity contribution in [3.8, 4) is 71.5 Å². The number of nitrogen functional groups attached to an aromatic ring is 2. The lowest BCUT2D eigenvalue weighted by Crippen LogP contribution is -1.98. The maximum absolute atomic E-state index is 10.0. The SMILES string of the molecule is C#Cc1cc2c(Oc3ccc(N)c(O)c3)ccc(C#C)c2c(Oc2ccc(N)c(O)c2)c1C#C. The number of benzene rings is 4. The van der Waals surface area contributed by atoms with Gasteiger partial charge in [-0.15, -0.1) is 19.3 Å². The maximum Gasteiger partial charge on any atom is 0.153 e. The summed E-state index contributed by atoms with van der Waals surface area (Å²) in [7, 11) is 0. The molecule has 6 nitrogen and oxygen atoms in total. The van der Waals surface area contributed by atoms with Gasteiger partial charge in [0.1, 0.15) is 28.7 Å². The highest BCUT2D eigenvalue weighted by atomic mass is 16.5. The van der Waals surface area contributed by atoms with Crippen LogP contribution in [0.2, 0.25) is 0 Å². The van der Waals surface area contributed by atoms with Crippen LogP contribution in [0, 0.1) is 37.0 Å². The van der Waals surface area contributed by atoms with E-state index in [1.807, 2.05) is 0 Å². The molecule has 0 fully saturated rings. The zero-order valence-electron chi connectivity index (χ0n) is 17.8. The number of rotatable bonds is 4. The van der Waals surface area contributed by atoms with Gasteiger partial charge in [0.15, 0.2) is 5.75 Å². The van der Waals surface area contributed by atoms with Crippen molar-refractivity contribution in [2.75, 3.05) is 11.5 Å². The molecule has 0 atom stereocenters. The van der Waals surface area contributed by atoms with Gasteiger partial charge in [-0.05, 0) is 42.5 Å². The van der Waals surface area contributed by atoms with Gasteiger partial charge in [-0.25, -0.2) is 0 Å². The quantitative estimate of drug-likeness (QED) is 0.201. The molecule has 0 saturated heterocycles. The van der Waals surface area contributed by atoms with Crippen molar-refractivity contribution in [1.29, 1.82) is 0 Å². The highest BCUT2D eigenvalue weighted by molar-refractivity contribution is 6.01. The minimum absolute atomic E-state index is 0.117. The van der Waals surface area contributed by atoms with Gasteiger partial charge in [-0.3, -0.25) is 0 Å². The number of fused-ring (bicyclic) bond motifs is 1. The molecule has 4 aromatic rings. The summed E-state index contributed by atoms with van der Waals surface area (Å²) in [6.45, 7) is 0. The molecule has 0 spiro atoms. The molecule has 0 aliphatic carbocycles. The van der Waals surface area contributed by atoms with Crippen molar-refractivity contribution in [3.63, 3.8) is 0 Å². The van der Waals surface area contributed by atoms with Crippen LogP contribution in [-0.2, 0) is 0 Å². The molecule has 164 valence electrons. The third-order valence-electron chi connectivity index (χ3n) is 5.12. The molecule has 0 radical (unpaired) electrons. The zero-order valence-corrected chi connectivity index (χ0v) is 17.8. The van der Waals surface area contributed by atoms with E-state index >= 15 is 0 Å². The summed E-state index contributed by atoms with van der Waals surface area (Å²) >= 11 is 0. The van der Waals surface area contributed by atoms with Gasteiger partial charge in [-0.1, -0.05) is 17.8 Å². The fourth-order valence-corrected chi connectivity index (χ4v) is 3.44. The van der Waals surface area contributed by atoms with Crippen molar-refractivity contribution in [1.82, 2.24) is 0 Å². The van der Waals surface area contributed by atoms with E-state index in [-0.39, 0.29) is 34.4 Å². The molecule has 0 bridgehead atoms. The Kier molecular flexibility index (Phi) is 5.54. The minimum Gasteiger partial charge on any atom is -0.506 e. The number of hydrogen-bond acceptors (Lipinski definition) is 6. The van der Waals surface area contributed by atoms with Crippen LogP contribution in [-0.4, -0.2) is 10.2 Å². The van der Waals surface area contributed by atoms with Crippen molar-refractivity contribution >= 4 is 22.1 Å². The van der Waals surface area contributed by atoms with Crippen LogP contribution in [0.4, 0.5) is 11.4 Å². The molecule has 0 aliphatic heterocycles. The number of terminal acetylenes is 3. The molecular formula is C28H18N2O4. The predicted molar refractivity (Wildman–Crippen MR) is 133 cm³/mol. The van der Waals surface area contributed by atoms with Crippen LogP contribution < -0.4 is 20.9 Å². The second kappa shape index (κ2) is 8.63. The number of nitrogens with two attached hydrogens (primary N) is 2. The van der Waals surface area contributed by atoms with E-state index in [1.54, 1.807) is 30.3 Å². The number of phenolic OH excluding ortho intramolecular Hbond substituents is 2. The summed E-state index contributed by atoms with van der Waals surface area (Å²) in [5, 5.41) is 21.0. The second-order valence-corrected chi connectivity index (χ2v) is 7.24. The lowest BCUT2D eigenvalue weighted by atomic mass is 9.95. The average molecular weight is 446 g/mol. The van der Waals surface area contributed by atoms with Crippen molar-refractivity contribution in [3.05, 3.63) is 71.3 Å². The first-order valence-corrected chi connectivity index (χ1v) is 9.92. The monoisotopic (exact) mass is 446 g/mol. The van der Waals surface area contributed by atoms with E-state index in [0.29, 0.717) is 39.0 Å². The topological polar surface area (TPSA) is 111 Å². The number of anilines is 2. The lowest BCUT2D eigenvalue weighted by Gasteiger charge is -2.17. The van der Waals surface area contributed by atoms with Gasteiger partial charge in [0.25, 0.3) is 0 Å². The Morgan fingerprint density at radius 3 is 1.79 bits per heavy atom. The molecule has 0 heterocycles. The highest BCUT2D eigenvalue weighted by Crippen LogP contribution is 2.43. The van der Waals surface area contributed by atoms with Crippen LogP contribution in [0.1, 0.15) is 16.7 Å². The Balaban J connectivity index is 1.99. The van der Waals surface area contributed by atoms with E-state index in [1.165, 1.54) is 24.3 Å². The smallest absolute Gasteiger partial charge is 0.153 e. The predicted octanol–water partition coefficient (Wildman–Crippen LogP) is 4.94. The molecule has 0 amide bonds. The molecule has 34 heavy (non-hydrogen) atoms. The van der Waals surface area contributed by atoms with Gasteiger partial charge in [-0.2, -0.15) is 0 Å². The first-order valence-electron chi connectivity index (χ1n) is 9.92. The van der Waals surface area contributed by atoms with E-state index < -0.39 is 0 Å². The number of hydrogen-bond donors (Lipinski definition) is 4. The standard InChI is InChI=1S/C28H18N2O4/c1-4-16-7-12-26(33-18-8-10-22(29)24(31)14-18)21-13-17(5-2)20(6-3)28(27(16)21)34-19-9-11-23(30)25(32)15-19/h1-3,7-15,31-32H,29-30H2. The van der Waals surface area contributed by atoms with E-state index in [9.17, 15) is 10.2 Å². The zero-order chi connectivity index (χ0) is 24.4. The summed E-state index contributed by atoms with van der Waals surface area (Å²) in [4.78, 5) is 0. The van der Waals surface area contributed by atoms with Gasteiger partial charge in [0.05, 0.1) is 16.9 Å². The van der Waals surface area contributed by atoms with E-state index in [2.05, 4.69) is 17.8 Å². The molecule has 0 aromatic heterocycles. The molecule has 4 aromatic carbocycles. The van der Waals surface area contributed by atoms with Crippen LogP contribution in [0.15, 0.2) is 54.6 Å². The molecule has 0 aliphatic rings. The van der Waals surface area contributed by atoms with Crippen LogP contribution in [0.3, 0.4) is 0 Å². The summed E-state index contributed by atoms with van der Waals surface area (Å²) in [6, 6.07) is 14.0. The molecule has 6 heteroatoms. The van der Waals surface area contributed by atoms with E-state index in [0.717, 1.165) is 0 Å². The largest absolute Gasteiger partial charge is 0.506 e. The first kappa shape index (κ1) is 21.8. The Hall–Kier alpha value is -5.38. The Labute approximate surface area is 196 Å². The Morgan fingerprint density at radius 2 is 1.26 bits per heavy atom. The van der Waals surface area contributed by atoms with Crippen LogP contribution >= 0.6 is 0 Å². The van der Waals surface area contributed by atoms with Crippen molar-refractivity contribution in [2.45, 2.75) is 0 Å². The van der Waals surface area contributed by atoms with Crippen LogP contribution in [0.25, 0.3) is 10.8 Å². The number of ether oxygens (including phenoxy) is 2. The molecule has 0 saturated carbocycles. The molecule has 6 N–H and O–H groups in total. The normalized spacial score (nSPS) is 10.1. The number of phenols is 2. The molecule has 4 rings (SSSR count). The van der Waals surface area contributed by atoms with Gasteiger partial charge in [0, 0.05) is 34.0 Å².